The molecule has 0 bridgehead atoms. The van der Waals surface area contributed by atoms with Gasteiger partial charge in [-0.25, -0.2) is 13.8 Å². The third kappa shape index (κ3) is 2.58. The van der Waals surface area contributed by atoms with Crippen LogP contribution in [0, 0.1) is 5.41 Å². The maximum absolute atomic E-state index is 15.2. The maximum atomic E-state index is 15.2. The van der Waals surface area contributed by atoms with E-state index in [4.69, 9.17) is 5.73 Å². The van der Waals surface area contributed by atoms with Crippen molar-refractivity contribution in [3.8, 4) is 0 Å². The molecule has 5 nitrogen and oxygen atoms in total. The summed E-state index contributed by atoms with van der Waals surface area (Å²) in [4.78, 5) is 30.5. The Hall–Kier alpha value is -2.09. The highest BCUT2D eigenvalue weighted by Crippen LogP contribution is 2.57. The van der Waals surface area contributed by atoms with Gasteiger partial charge in [0.2, 0.25) is 11.8 Å². The number of amides is 2. The van der Waals surface area contributed by atoms with E-state index in [-0.39, 0.29) is 23.9 Å². The standard InChI is InChI=1S/C18H23F2N3O2S/c1-5-17(15(25)22-6-2)12(19)7-8-13(20)18(17,14(21)24)16-23-9-11(26-16)10(3)4/h7-10H,5-6H2,1-4H3,(H2,21,24)(H,22,25). The molecule has 0 aromatic carbocycles. The van der Waals surface area contributed by atoms with Crippen molar-refractivity contribution in [1.82, 2.24) is 10.3 Å². The van der Waals surface area contributed by atoms with Crippen LogP contribution in [-0.2, 0) is 15.0 Å². The molecule has 0 fully saturated rings. The lowest BCUT2D eigenvalue weighted by Crippen LogP contribution is -2.62. The van der Waals surface area contributed by atoms with Crippen molar-refractivity contribution in [2.75, 3.05) is 6.54 Å². The van der Waals surface area contributed by atoms with Crippen LogP contribution < -0.4 is 11.1 Å². The molecule has 0 radical (unpaired) electrons. The number of allylic oxidation sites excluding steroid dienone is 2. The van der Waals surface area contributed by atoms with Crippen molar-refractivity contribution in [2.45, 2.75) is 45.4 Å². The Morgan fingerprint density at radius 1 is 1.27 bits per heavy atom. The summed E-state index contributed by atoms with van der Waals surface area (Å²) in [6.45, 7) is 7.21. The monoisotopic (exact) mass is 383 g/mol. The van der Waals surface area contributed by atoms with Gasteiger partial charge in [-0.05, 0) is 31.4 Å². The van der Waals surface area contributed by atoms with Crippen LogP contribution >= 0.6 is 11.3 Å². The van der Waals surface area contributed by atoms with Crippen LogP contribution in [0.5, 0.6) is 0 Å². The number of rotatable bonds is 6. The van der Waals surface area contributed by atoms with Gasteiger partial charge in [0, 0.05) is 17.6 Å². The Labute approximate surface area is 155 Å². The van der Waals surface area contributed by atoms with Crippen LogP contribution in [0.25, 0.3) is 0 Å². The molecule has 1 aromatic heterocycles. The van der Waals surface area contributed by atoms with Gasteiger partial charge >= 0.3 is 0 Å². The highest BCUT2D eigenvalue weighted by atomic mass is 32.1. The summed E-state index contributed by atoms with van der Waals surface area (Å²) in [5.41, 5.74) is 1.18. The van der Waals surface area contributed by atoms with Crippen LogP contribution in [0.1, 0.15) is 49.9 Å². The van der Waals surface area contributed by atoms with Crippen molar-refractivity contribution in [3.05, 3.63) is 39.9 Å². The maximum Gasteiger partial charge on any atom is 0.239 e. The molecule has 2 rings (SSSR count). The molecule has 0 aliphatic heterocycles. The quantitative estimate of drug-likeness (QED) is 0.791. The summed E-state index contributed by atoms with van der Waals surface area (Å²) in [6.07, 6.45) is 3.08. The molecule has 0 saturated carbocycles. The van der Waals surface area contributed by atoms with Crippen molar-refractivity contribution < 1.29 is 18.4 Å². The Morgan fingerprint density at radius 3 is 2.35 bits per heavy atom. The van der Waals surface area contributed by atoms with E-state index in [0.717, 1.165) is 28.4 Å². The Balaban J connectivity index is 2.88. The van der Waals surface area contributed by atoms with Gasteiger partial charge in [0.1, 0.15) is 22.1 Å². The van der Waals surface area contributed by atoms with Crippen LogP contribution in [0.2, 0.25) is 0 Å². The second kappa shape index (κ2) is 7.26. The van der Waals surface area contributed by atoms with Gasteiger partial charge in [-0.1, -0.05) is 20.8 Å². The molecule has 142 valence electrons. The lowest BCUT2D eigenvalue weighted by atomic mass is 9.57. The van der Waals surface area contributed by atoms with E-state index in [0.29, 0.717) is 0 Å². The number of carbonyl (C=O) groups is 2. The highest BCUT2D eigenvalue weighted by molar-refractivity contribution is 7.12. The average molecular weight is 383 g/mol. The molecule has 3 N–H and O–H groups in total. The smallest absolute Gasteiger partial charge is 0.239 e. The number of halogens is 2. The number of nitrogens with two attached hydrogens (primary N) is 1. The van der Waals surface area contributed by atoms with Crippen LogP contribution in [-0.4, -0.2) is 23.3 Å². The Morgan fingerprint density at radius 2 is 1.88 bits per heavy atom. The van der Waals surface area contributed by atoms with Crippen LogP contribution in [0.3, 0.4) is 0 Å². The van der Waals surface area contributed by atoms with Gasteiger partial charge in [-0.2, -0.15) is 0 Å². The fourth-order valence-corrected chi connectivity index (χ4v) is 4.62. The molecule has 2 amide bonds. The minimum absolute atomic E-state index is 0.0150. The van der Waals surface area contributed by atoms with E-state index >= 15 is 8.78 Å². The van der Waals surface area contributed by atoms with E-state index in [9.17, 15) is 9.59 Å². The highest BCUT2D eigenvalue weighted by Gasteiger charge is 2.68. The van der Waals surface area contributed by atoms with Gasteiger partial charge in [0.05, 0.1) is 0 Å². The van der Waals surface area contributed by atoms with E-state index in [2.05, 4.69) is 10.3 Å². The van der Waals surface area contributed by atoms with Crippen LogP contribution in [0.15, 0.2) is 30.0 Å². The van der Waals surface area contributed by atoms with Gasteiger partial charge < -0.3 is 11.1 Å². The first kappa shape index (κ1) is 20.2. The summed E-state index contributed by atoms with van der Waals surface area (Å²) >= 11 is 1.07. The number of primary amides is 1. The zero-order valence-corrected chi connectivity index (χ0v) is 16.0. The third-order valence-electron chi connectivity index (χ3n) is 4.82. The van der Waals surface area contributed by atoms with Crippen molar-refractivity contribution >= 4 is 23.2 Å². The number of thiazole rings is 1. The summed E-state index contributed by atoms with van der Waals surface area (Å²) in [5.74, 6) is -3.76. The summed E-state index contributed by atoms with van der Waals surface area (Å²) in [7, 11) is 0. The van der Waals surface area contributed by atoms with Crippen molar-refractivity contribution in [2.24, 2.45) is 11.1 Å². The molecule has 0 saturated heterocycles. The molecule has 26 heavy (non-hydrogen) atoms. The number of aromatic nitrogens is 1. The third-order valence-corrected chi connectivity index (χ3v) is 6.24. The lowest BCUT2D eigenvalue weighted by molar-refractivity contribution is -0.142. The first-order valence-corrected chi connectivity index (χ1v) is 9.30. The minimum Gasteiger partial charge on any atom is -0.368 e. The predicted octanol–water partition coefficient (Wildman–Crippen LogP) is 3.24. The topological polar surface area (TPSA) is 85.1 Å². The minimum atomic E-state index is -2.32. The predicted molar refractivity (Wildman–Crippen MR) is 96.9 cm³/mol. The Bertz CT molecular complexity index is 787. The van der Waals surface area contributed by atoms with Gasteiger partial charge in [0.25, 0.3) is 0 Å². The number of carbonyl (C=O) groups excluding carboxylic acids is 2. The average Bonchev–Trinajstić information content (AvgIpc) is 3.06. The zero-order chi connectivity index (χ0) is 19.7. The molecule has 1 aromatic rings. The zero-order valence-electron chi connectivity index (χ0n) is 15.2. The summed E-state index contributed by atoms with van der Waals surface area (Å²) in [5, 5.41) is 2.51. The van der Waals surface area contributed by atoms with Gasteiger partial charge in [-0.15, -0.1) is 11.3 Å². The molecular formula is C18H23F2N3O2S. The Kier molecular flexibility index (Phi) is 5.65. The molecule has 1 aliphatic rings. The summed E-state index contributed by atoms with van der Waals surface area (Å²) < 4.78 is 30.4. The van der Waals surface area contributed by atoms with E-state index in [1.165, 1.54) is 13.1 Å². The number of hydrogen-bond donors (Lipinski definition) is 2. The molecular weight excluding hydrogens is 360 g/mol. The fourth-order valence-electron chi connectivity index (χ4n) is 3.43. The van der Waals surface area contributed by atoms with E-state index < -0.39 is 34.3 Å². The first-order valence-electron chi connectivity index (χ1n) is 8.48. The van der Waals surface area contributed by atoms with Crippen molar-refractivity contribution in [1.29, 1.82) is 0 Å². The van der Waals surface area contributed by atoms with Crippen LogP contribution in [0.4, 0.5) is 8.78 Å². The van der Waals surface area contributed by atoms with Gasteiger partial charge in [0.15, 0.2) is 5.41 Å². The summed E-state index contributed by atoms with van der Waals surface area (Å²) in [6, 6.07) is 0. The normalized spacial score (nSPS) is 25.7. The van der Waals surface area contributed by atoms with E-state index in [1.807, 2.05) is 13.8 Å². The lowest BCUT2D eigenvalue weighted by Gasteiger charge is -2.45. The molecule has 2 atom stereocenters. The molecule has 8 heteroatoms. The molecule has 2 unspecified atom stereocenters. The first-order chi connectivity index (χ1) is 12.2. The SMILES string of the molecule is CCNC(=O)C1(CC)C(F)=CC=C(F)C1(C(N)=O)c1ncc(C(C)C)s1. The number of nitrogens with one attached hydrogen (secondary N) is 1. The second-order valence-electron chi connectivity index (χ2n) is 6.48. The second-order valence-corrected chi connectivity index (χ2v) is 7.55. The molecule has 1 aliphatic carbocycles. The number of nitrogens with zero attached hydrogens (tertiary/aromatic N) is 1. The molecule has 1 heterocycles. The number of hydrogen-bond acceptors (Lipinski definition) is 4. The van der Waals surface area contributed by atoms with Crippen molar-refractivity contribution in [3.63, 3.8) is 0 Å². The fraction of sp³-hybridized carbons (Fsp3) is 0.500. The van der Waals surface area contributed by atoms with Gasteiger partial charge in [-0.3, -0.25) is 9.59 Å². The molecule has 0 spiro atoms. The van der Waals surface area contributed by atoms with E-state index in [1.54, 1.807) is 6.92 Å². The largest absolute Gasteiger partial charge is 0.368 e.